The molecular formula is C32H33F3N6O3. The molecule has 12 heteroatoms. The number of ether oxygens (including phenoxy) is 1. The van der Waals surface area contributed by atoms with E-state index in [2.05, 4.69) is 15.2 Å². The first kappa shape index (κ1) is 30.9. The Kier molecular flexibility index (Phi) is 9.71. The predicted octanol–water partition coefficient (Wildman–Crippen LogP) is 6.08. The molecule has 1 aliphatic heterocycles. The number of hydrogen-bond donors (Lipinski definition) is 3. The zero-order valence-corrected chi connectivity index (χ0v) is 24.0. The Hall–Kier alpha value is -4.55. The van der Waals surface area contributed by atoms with Crippen molar-refractivity contribution in [3.8, 4) is 16.8 Å². The number of fused-ring (bicyclic) bond motifs is 1. The fourth-order valence-electron chi connectivity index (χ4n) is 5.05. The summed E-state index contributed by atoms with van der Waals surface area (Å²) in [6.45, 7) is 2.92. The highest BCUT2D eigenvalue weighted by atomic mass is 19.4. The van der Waals surface area contributed by atoms with Gasteiger partial charge in [-0.1, -0.05) is 36.4 Å². The molecule has 2 amide bonds. The number of carbonyl (C=O) groups is 2. The van der Waals surface area contributed by atoms with Crippen LogP contribution in [0.5, 0.6) is 0 Å². The summed E-state index contributed by atoms with van der Waals surface area (Å²) in [6, 6.07) is 18.7. The lowest BCUT2D eigenvalue weighted by atomic mass is 9.99. The highest BCUT2D eigenvalue weighted by Gasteiger charge is 2.27. The molecule has 0 radical (unpaired) electrons. The third-order valence-corrected chi connectivity index (χ3v) is 7.39. The van der Waals surface area contributed by atoms with Gasteiger partial charge in [0.25, 0.3) is 0 Å². The highest BCUT2D eigenvalue weighted by molar-refractivity contribution is 6.44. The smallest absolute Gasteiger partial charge is 0.379 e. The van der Waals surface area contributed by atoms with Gasteiger partial charge in [-0.2, -0.15) is 13.2 Å². The zero-order valence-electron chi connectivity index (χ0n) is 24.0. The van der Waals surface area contributed by atoms with Gasteiger partial charge < -0.3 is 20.8 Å². The van der Waals surface area contributed by atoms with Crippen LogP contribution in [0.1, 0.15) is 29.6 Å². The van der Waals surface area contributed by atoms with Gasteiger partial charge in [-0.3, -0.25) is 14.3 Å². The third kappa shape index (κ3) is 8.08. The number of imidazole rings is 1. The van der Waals surface area contributed by atoms with E-state index >= 15 is 0 Å². The molecule has 0 aliphatic carbocycles. The first-order chi connectivity index (χ1) is 21.2. The van der Waals surface area contributed by atoms with Crippen molar-refractivity contribution in [3.05, 3.63) is 78.6 Å². The van der Waals surface area contributed by atoms with Crippen molar-refractivity contribution in [2.75, 3.05) is 44.7 Å². The summed E-state index contributed by atoms with van der Waals surface area (Å²) in [4.78, 5) is 31.5. The monoisotopic (exact) mass is 606 g/mol. The maximum Gasteiger partial charge on any atom is 0.405 e. The summed E-state index contributed by atoms with van der Waals surface area (Å²) in [5, 5.41) is 12.5. The molecule has 5 rings (SSSR count). The summed E-state index contributed by atoms with van der Waals surface area (Å²) < 4.78 is 44.3. The highest BCUT2D eigenvalue weighted by Crippen LogP contribution is 2.27. The summed E-state index contributed by atoms with van der Waals surface area (Å²) in [5.41, 5.74) is 4.90. The van der Waals surface area contributed by atoms with Crippen LogP contribution < -0.4 is 10.6 Å². The fourth-order valence-corrected chi connectivity index (χ4v) is 5.05. The van der Waals surface area contributed by atoms with Gasteiger partial charge >= 0.3 is 12.2 Å². The number of halogens is 3. The molecule has 1 aliphatic rings. The van der Waals surface area contributed by atoms with Gasteiger partial charge in [-0.05, 0) is 67.3 Å². The third-order valence-electron chi connectivity index (χ3n) is 7.39. The van der Waals surface area contributed by atoms with Crippen LogP contribution in [0.25, 0.3) is 27.8 Å². The van der Waals surface area contributed by atoms with Gasteiger partial charge in [0.15, 0.2) is 0 Å². The Labute approximate surface area is 252 Å². The predicted molar refractivity (Wildman–Crippen MR) is 163 cm³/mol. The second kappa shape index (κ2) is 13.8. The van der Waals surface area contributed by atoms with Gasteiger partial charge in [0.1, 0.15) is 12.9 Å². The number of urea groups is 1. The molecule has 0 unspecified atom stereocenters. The first-order valence-corrected chi connectivity index (χ1v) is 14.4. The molecule has 1 saturated heterocycles. The van der Waals surface area contributed by atoms with Crippen LogP contribution in [-0.2, 0) is 4.74 Å². The maximum absolute atomic E-state index is 12.8. The van der Waals surface area contributed by atoms with Gasteiger partial charge in [-0.15, -0.1) is 0 Å². The Morgan fingerprint density at radius 1 is 0.955 bits per heavy atom. The minimum Gasteiger partial charge on any atom is -0.379 e. The number of nitrogens with one attached hydrogen (secondary N) is 3. The minimum atomic E-state index is -4.50. The number of unbranched alkanes of at least 4 members (excludes halogenated alkanes) is 1. The van der Waals surface area contributed by atoms with Crippen molar-refractivity contribution in [3.63, 3.8) is 0 Å². The lowest BCUT2D eigenvalue weighted by Crippen LogP contribution is -2.36. The van der Waals surface area contributed by atoms with E-state index in [1.165, 1.54) is 0 Å². The number of alkyl halides is 3. The molecule has 3 aromatic carbocycles. The number of morpholine rings is 1. The molecular weight excluding hydrogens is 573 g/mol. The lowest BCUT2D eigenvalue weighted by Gasteiger charge is -2.26. The van der Waals surface area contributed by atoms with Crippen molar-refractivity contribution in [1.29, 1.82) is 5.41 Å². The van der Waals surface area contributed by atoms with E-state index in [1.54, 1.807) is 48.0 Å². The number of nitrogens with zero attached hydrogens (tertiary/aromatic N) is 3. The molecule has 0 atom stereocenters. The zero-order chi connectivity index (χ0) is 31.1. The molecule has 0 bridgehead atoms. The number of hydrogen-bond acceptors (Lipinski definition) is 6. The molecule has 44 heavy (non-hydrogen) atoms. The number of rotatable bonds is 11. The van der Waals surface area contributed by atoms with E-state index in [0.29, 0.717) is 28.9 Å². The standard InChI is InChI=1S/C32H33F3N6O3/c33-32(34,35)20-37-31(43)39-25-4-3-5-26(19-25)41-21-38-28-18-24(11-12-29(28)41)22-7-9-23(10-8-22)30(42)27(36)6-1-2-13-40-14-16-44-17-15-40/h3-5,7-12,18-19,21,36H,1-2,6,13-17,20H2,(H2,37,39,43). The quantitative estimate of drug-likeness (QED) is 0.109. The average molecular weight is 607 g/mol. The van der Waals surface area contributed by atoms with E-state index in [4.69, 9.17) is 10.1 Å². The molecule has 1 aromatic heterocycles. The van der Waals surface area contributed by atoms with Crippen molar-refractivity contribution in [1.82, 2.24) is 19.8 Å². The van der Waals surface area contributed by atoms with Crippen LogP contribution in [0, 0.1) is 5.41 Å². The summed E-state index contributed by atoms with van der Waals surface area (Å²) in [5.74, 6) is -0.258. The second-order valence-electron chi connectivity index (χ2n) is 10.6. The molecule has 0 spiro atoms. The van der Waals surface area contributed by atoms with Gasteiger partial charge in [0.2, 0.25) is 5.78 Å². The van der Waals surface area contributed by atoms with Crippen LogP contribution in [0.15, 0.2) is 73.1 Å². The summed E-state index contributed by atoms with van der Waals surface area (Å²) >= 11 is 0. The van der Waals surface area contributed by atoms with E-state index < -0.39 is 18.8 Å². The average Bonchev–Trinajstić information content (AvgIpc) is 3.45. The molecule has 9 nitrogen and oxygen atoms in total. The molecule has 230 valence electrons. The van der Waals surface area contributed by atoms with E-state index in [-0.39, 0.29) is 11.5 Å². The van der Waals surface area contributed by atoms with Crippen molar-refractivity contribution in [2.24, 2.45) is 0 Å². The van der Waals surface area contributed by atoms with Gasteiger partial charge in [0, 0.05) is 30.0 Å². The molecule has 1 fully saturated rings. The van der Waals surface area contributed by atoms with Crippen molar-refractivity contribution in [2.45, 2.75) is 25.4 Å². The molecule has 2 heterocycles. The normalized spacial score (nSPS) is 14.0. The second-order valence-corrected chi connectivity index (χ2v) is 10.6. The van der Waals surface area contributed by atoms with Crippen molar-refractivity contribution >= 4 is 34.2 Å². The Bertz CT molecular complexity index is 1630. The lowest BCUT2D eigenvalue weighted by molar-refractivity contribution is -0.122. The number of amides is 2. The Morgan fingerprint density at radius 2 is 1.70 bits per heavy atom. The number of ketones is 1. The minimum absolute atomic E-state index is 0.118. The van der Waals surface area contributed by atoms with Crippen LogP contribution in [0.2, 0.25) is 0 Å². The van der Waals surface area contributed by atoms with E-state index in [1.807, 2.05) is 34.9 Å². The Balaban J connectivity index is 1.20. The SMILES string of the molecule is N=C(CCCCN1CCOCC1)C(=O)c1ccc(-c2ccc3c(c2)ncn3-c2cccc(NC(=O)NCC(F)(F)F)c2)cc1. The van der Waals surface area contributed by atoms with Crippen LogP contribution in [0.3, 0.4) is 0 Å². The van der Waals surface area contributed by atoms with Crippen LogP contribution in [0.4, 0.5) is 23.7 Å². The van der Waals surface area contributed by atoms with Gasteiger partial charge in [0.05, 0.1) is 30.0 Å². The van der Waals surface area contributed by atoms with Crippen LogP contribution >= 0.6 is 0 Å². The number of carbonyl (C=O) groups excluding carboxylic acids is 2. The number of benzene rings is 3. The number of anilines is 1. The summed E-state index contributed by atoms with van der Waals surface area (Å²) in [6.07, 6.45) is -0.677. The molecule has 4 aromatic rings. The topological polar surface area (TPSA) is 112 Å². The number of aromatic nitrogens is 2. The molecule has 0 saturated carbocycles. The fraction of sp³-hybridized carbons (Fsp3) is 0.312. The van der Waals surface area contributed by atoms with E-state index in [0.717, 1.165) is 62.3 Å². The first-order valence-electron chi connectivity index (χ1n) is 14.4. The van der Waals surface area contributed by atoms with E-state index in [9.17, 15) is 22.8 Å². The van der Waals surface area contributed by atoms with Gasteiger partial charge in [-0.25, -0.2) is 9.78 Å². The van der Waals surface area contributed by atoms with Crippen molar-refractivity contribution < 1.29 is 27.5 Å². The molecule has 3 N–H and O–H groups in total. The largest absolute Gasteiger partial charge is 0.405 e. The maximum atomic E-state index is 12.8. The summed E-state index contributed by atoms with van der Waals surface area (Å²) in [7, 11) is 0. The van der Waals surface area contributed by atoms with Crippen LogP contribution in [-0.4, -0.2) is 77.5 Å². The number of Topliss-reactive ketones (excluding diaryl/α,β-unsaturated/α-hetero) is 1. The Morgan fingerprint density at radius 3 is 2.45 bits per heavy atom.